The van der Waals surface area contributed by atoms with Gasteiger partial charge in [-0.3, -0.25) is 4.57 Å². The highest BCUT2D eigenvalue weighted by molar-refractivity contribution is 7.98. The number of nitrogens with zero attached hydrogens (tertiary/aromatic N) is 6. The molecule has 5 rings (SSSR count). The summed E-state index contributed by atoms with van der Waals surface area (Å²) in [5.74, 6) is 1.69. The second-order valence-corrected chi connectivity index (χ2v) is 8.67. The molecule has 7 nitrogen and oxygen atoms in total. The van der Waals surface area contributed by atoms with Crippen molar-refractivity contribution < 1.29 is 4.74 Å². The Hall–Kier alpha value is -2.03. The lowest BCUT2D eigenvalue weighted by Crippen LogP contribution is -2.38. The smallest absolute Gasteiger partial charge is 0.228 e. The van der Waals surface area contributed by atoms with E-state index in [1.54, 1.807) is 16.4 Å². The summed E-state index contributed by atoms with van der Waals surface area (Å²) in [4.78, 5) is 2.28. The lowest BCUT2D eigenvalue weighted by molar-refractivity contribution is 0.121. The van der Waals surface area contributed by atoms with Crippen LogP contribution in [-0.4, -0.2) is 50.8 Å². The van der Waals surface area contributed by atoms with Gasteiger partial charge in [0.1, 0.15) is 5.15 Å². The molecule has 29 heavy (non-hydrogen) atoms. The minimum atomic E-state index is 0.508. The maximum absolute atomic E-state index is 6.69. The molecule has 3 aromatic rings. The number of thioether (sulfide) groups is 1. The van der Waals surface area contributed by atoms with E-state index in [0.717, 1.165) is 54.4 Å². The summed E-state index contributed by atoms with van der Waals surface area (Å²) in [5, 5.41) is 15.3. The lowest BCUT2D eigenvalue weighted by atomic mass is 10.3. The Morgan fingerprint density at radius 1 is 1.14 bits per heavy atom. The zero-order chi connectivity index (χ0) is 19.8. The van der Waals surface area contributed by atoms with E-state index in [1.807, 2.05) is 37.3 Å². The van der Waals surface area contributed by atoms with Gasteiger partial charge in [0.15, 0.2) is 5.16 Å². The van der Waals surface area contributed by atoms with E-state index in [2.05, 4.69) is 24.8 Å². The Labute approximate surface area is 179 Å². The molecular formula is C20H23ClN6OS. The van der Waals surface area contributed by atoms with Gasteiger partial charge in [0, 0.05) is 30.4 Å². The van der Waals surface area contributed by atoms with Crippen molar-refractivity contribution in [2.24, 2.45) is 0 Å². The van der Waals surface area contributed by atoms with Crippen molar-refractivity contribution in [2.75, 3.05) is 31.2 Å². The first-order valence-electron chi connectivity index (χ1n) is 9.92. The van der Waals surface area contributed by atoms with E-state index in [9.17, 15) is 0 Å². The number of morpholine rings is 1. The van der Waals surface area contributed by atoms with Crippen LogP contribution in [0.15, 0.2) is 35.5 Å². The van der Waals surface area contributed by atoms with Crippen LogP contribution in [0.3, 0.4) is 0 Å². The number of hydrogen-bond donors (Lipinski definition) is 0. The first-order chi connectivity index (χ1) is 14.2. The number of halogens is 1. The van der Waals surface area contributed by atoms with E-state index >= 15 is 0 Å². The van der Waals surface area contributed by atoms with Gasteiger partial charge in [-0.05, 0) is 31.9 Å². The number of benzene rings is 1. The van der Waals surface area contributed by atoms with Crippen LogP contribution in [-0.2, 0) is 10.5 Å². The fourth-order valence-electron chi connectivity index (χ4n) is 3.57. The van der Waals surface area contributed by atoms with E-state index in [-0.39, 0.29) is 0 Å². The van der Waals surface area contributed by atoms with E-state index < -0.39 is 0 Å². The summed E-state index contributed by atoms with van der Waals surface area (Å²) in [6.07, 6.45) is 2.38. The number of aryl methyl sites for hydroxylation is 1. The maximum atomic E-state index is 6.69. The predicted molar refractivity (Wildman–Crippen MR) is 114 cm³/mol. The number of hydrogen-bond acceptors (Lipinski definition) is 6. The van der Waals surface area contributed by atoms with E-state index in [0.29, 0.717) is 16.9 Å². The summed E-state index contributed by atoms with van der Waals surface area (Å²) in [5.41, 5.74) is 2.95. The van der Waals surface area contributed by atoms with Crippen LogP contribution in [0.25, 0.3) is 5.69 Å². The van der Waals surface area contributed by atoms with Crippen molar-refractivity contribution in [2.45, 2.75) is 36.7 Å². The highest BCUT2D eigenvalue weighted by Crippen LogP contribution is 2.42. The van der Waals surface area contributed by atoms with Gasteiger partial charge >= 0.3 is 0 Å². The molecular weight excluding hydrogens is 408 g/mol. The van der Waals surface area contributed by atoms with Crippen molar-refractivity contribution in [3.8, 4) is 5.69 Å². The van der Waals surface area contributed by atoms with Crippen molar-refractivity contribution in [3.05, 3.63) is 46.7 Å². The molecule has 1 saturated carbocycles. The zero-order valence-corrected chi connectivity index (χ0v) is 17.9. The highest BCUT2D eigenvalue weighted by atomic mass is 35.5. The molecule has 0 amide bonds. The van der Waals surface area contributed by atoms with Crippen LogP contribution in [0.5, 0.6) is 0 Å². The summed E-state index contributed by atoms with van der Waals surface area (Å²) >= 11 is 8.38. The van der Waals surface area contributed by atoms with Gasteiger partial charge in [-0.2, -0.15) is 5.10 Å². The molecule has 152 valence electrons. The Kier molecular flexibility index (Phi) is 5.24. The summed E-state index contributed by atoms with van der Waals surface area (Å²) in [6.45, 7) is 5.22. The number of para-hydroxylation sites is 1. The van der Waals surface area contributed by atoms with Gasteiger partial charge in [-0.15, -0.1) is 10.2 Å². The third-order valence-electron chi connectivity index (χ3n) is 5.32. The SMILES string of the molecule is Cc1nn(-c2ccccc2)c(Cl)c1CSc1nnc(N2CCOCC2)n1C1CC1. The van der Waals surface area contributed by atoms with Crippen molar-refractivity contribution in [1.82, 2.24) is 24.5 Å². The van der Waals surface area contributed by atoms with E-state index in [1.165, 1.54) is 12.8 Å². The normalized spacial score (nSPS) is 17.1. The predicted octanol–water partition coefficient (Wildman–Crippen LogP) is 3.89. The fraction of sp³-hybridized carbons (Fsp3) is 0.450. The van der Waals surface area contributed by atoms with Gasteiger partial charge in [0.25, 0.3) is 0 Å². The number of anilines is 1. The first-order valence-corrected chi connectivity index (χ1v) is 11.3. The number of rotatable bonds is 6. The molecule has 0 radical (unpaired) electrons. The molecule has 1 aromatic carbocycles. The minimum absolute atomic E-state index is 0.508. The Bertz CT molecular complexity index is 994. The van der Waals surface area contributed by atoms with Crippen LogP contribution < -0.4 is 4.90 Å². The Balaban J connectivity index is 1.38. The summed E-state index contributed by atoms with van der Waals surface area (Å²) < 4.78 is 9.60. The molecule has 0 unspecified atom stereocenters. The second kappa shape index (κ2) is 8.01. The molecule has 0 atom stereocenters. The van der Waals surface area contributed by atoms with Crippen LogP contribution in [0.1, 0.15) is 30.1 Å². The lowest BCUT2D eigenvalue weighted by Gasteiger charge is -2.27. The molecule has 0 spiro atoms. The topological polar surface area (TPSA) is 61.0 Å². The molecule has 3 heterocycles. The van der Waals surface area contributed by atoms with Crippen LogP contribution in [0.4, 0.5) is 5.95 Å². The summed E-state index contributed by atoms with van der Waals surface area (Å²) in [6, 6.07) is 10.5. The minimum Gasteiger partial charge on any atom is -0.378 e. The van der Waals surface area contributed by atoms with Gasteiger partial charge in [-0.25, -0.2) is 4.68 Å². The zero-order valence-electron chi connectivity index (χ0n) is 16.3. The third kappa shape index (κ3) is 3.76. The van der Waals surface area contributed by atoms with Gasteiger partial charge < -0.3 is 9.64 Å². The first kappa shape index (κ1) is 19.0. The highest BCUT2D eigenvalue weighted by Gasteiger charge is 2.32. The Morgan fingerprint density at radius 2 is 1.90 bits per heavy atom. The monoisotopic (exact) mass is 430 g/mol. The van der Waals surface area contributed by atoms with Crippen LogP contribution in [0.2, 0.25) is 5.15 Å². The second-order valence-electron chi connectivity index (χ2n) is 7.37. The quantitative estimate of drug-likeness (QED) is 0.553. The molecule has 2 fully saturated rings. The average molecular weight is 431 g/mol. The van der Waals surface area contributed by atoms with Crippen LogP contribution >= 0.6 is 23.4 Å². The molecule has 1 aliphatic carbocycles. The molecule has 2 aliphatic rings. The average Bonchev–Trinajstić information content (AvgIpc) is 3.45. The third-order valence-corrected chi connectivity index (χ3v) is 6.68. The standard InChI is InChI=1S/C20H23ClN6OS/c1-14-17(18(21)27(24-14)16-5-3-2-4-6-16)13-29-20-23-22-19(26(20)15-7-8-15)25-9-11-28-12-10-25/h2-6,15H,7-13H2,1H3. The summed E-state index contributed by atoms with van der Waals surface area (Å²) in [7, 11) is 0. The van der Waals surface area contributed by atoms with Gasteiger partial charge in [-0.1, -0.05) is 41.6 Å². The molecule has 1 aliphatic heterocycles. The molecule has 1 saturated heterocycles. The molecule has 0 bridgehead atoms. The largest absolute Gasteiger partial charge is 0.378 e. The van der Waals surface area contributed by atoms with Crippen LogP contribution in [0, 0.1) is 6.92 Å². The Morgan fingerprint density at radius 3 is 2.62 bits per heavy atom. The number of aromatic nitrogens is 5. The maximum Gasteiger partial charge on any atom is 0.228 e. The van der Waals surface area contributed by atoms with Crippen molar-refractivity contribution >= 4 is 29.3 Å². The van der Waals surface area contributed by atoms with Gasteiger partial charge in [0.2, 0.25) is 5.95 Å². The number of ether oxygens (including phenoxy) is 1. The molecule has 9 heteroatoms. The van der Waals surface area contributed by atoms with Gasteiger partial charge in [0.05, 0.1) is 24.6 Å². The molecule has 0 N–H and O–H groups in total. The van der Waals surface area contributed by atoms with Crippen molar-refractivity contribution in [1.29, 1.82) is 0 Å². The fourth-order valence-corrected chi connectivity index (χ4v) is 5.08. The van der Waals surface area contributed by atoms with E-state index in [4.69, 9.17) is 16.3 Å². The van der Waals surface area contributed by atoms with Crippen molar-refractivity contribution in [3.63, 3.8) is 0 Å². The molecule has 2 aromatic heterocycles.